The lowest BCUT2D eigenvalue weighted by Crippen LogP contribution is -2.23. The molecule has 3 aromatic rings. The molecule has 1 aliphatic heterocycles. The predicted octanol–water partition coefficient (Wildman–Crippen LogP) is 3.39. The smallest absolute Gasteiger partial charge is 0.252 e. The van der Waals surface area contributed by atoms with E-state index >= 15 is 0 Å². The third-order valence-electron chi connectivity index (χ3n) is 5.15. The molecule has 5 heteroatoms. The number of benzene rings is 1. The number of pyridine rings is 1. The van der Waals surface area contributed by atoms with Crippen molar-refractivity contribution in [3.8, 4) is 0 Å². The van der Waals surface area contributed by atoms with Gasteiger partial charge < -0.3 is 10.6 Å². The minimum absolute atomic E-state index is 0.363. The van der Waals surface area contributed by atoms with Crippen LogP contribution in [0.15, 0.2) is 42.7 Å². The highest BCUT2D eigenvalue weighted by molar-refractivity contribution is 5.99. The number of hydrogen-bond donors (Lipinski definition) is 1. The number of carbonyl (C=O) groups excluding carboxylic acids is 1. The topological polar surface area (TPSA) is 63.6 Å². The van der Waals surface area contributed by atoms with E-state index in [0.717, 1.165) is 30.6 Å². The van der Waals surface area contributed by atoms with E-state index in [-0.39, 0.29) is 0 Å². The SMILES string of the molecule is Cc1ccc(C)c(C2CCCN2c2ccn3ncc(C(N)=O)c3c2)c1. The molecule has 0 saturated carbocycles. The maximum atomic E-state index is 11.6. The van der Waals surface area contributed by atoms with Crippen molar-refractivity contribution in [2.45, 2.75) is 32.7 Å². The Hall–Kier alpha value is -2.82. The van der Waals surface area contributed by atoms with Crippen LogP contribution < -0.4 is 10.6 Å². The first-order valence-corrected chi connectivity index (χ1v) is 8.65. The Morgan fingerprint density at radius 2 is 2.08 bits per heavy atom. The van der Waals surface area contributed by atoms with E-state index in [1.54, 1.807) is 4.52 Å². The summed E-state index contributed by atoms with van der Waals surface area (Å²) in [6.45, 7) is 5.32. The van der Waals surface area contributed by atoms with Gasteiger partial charge in [-0.05, 0) is 49.9 Å². The lowest BCUT2D eigenvalue weighted by Gasteiger charge is -2.28. The highest BCUT2D eigenvalue weighted by Gasteiger charge is 2.28. The molecule has 0 spiro atoms. The maximum absolute atomic E-state index is 11.6. The quantitative estimate of drug-likeness (QED) is 0.798. The predicted molar refractivity (Wildman–Crippen MR) is 98.9 cm³/mol. The van der Waals surface area contributed by atoms with Crippen molar-refractivity contribution < 1.29 is 4.79 Å². The molecule has 3 heterocycles. The fourth-order valence-corrected chi connectivity index (χ4v) is 3.86. The molecule has 2 aromatic heterocycles. The van der Waals surface area contributed by atoms with Gasteiger partial charge in [0.1, 0.15) is 0 Å². The minimum Gasteiger partial charge on any atom is -0.365 e. The first-order valence-electron chi connectivity index (χ1n) is 8.65. The Bertz CT molecular complexity index is 959. The van der Waals surface area contributed by atoms with Crippen molar-refractivity contribution in [2.75, 3.05) is 11.4 Å². The van der Waals surface area contributed by atoms with Crippen molar-refractivity contribution >= 4 is 17.1 Å². The van der Waals surface area contributed by atoms with E-state index in [0.29, 0.717) is 11.6 Å². The summed E-state index contributed by atoms with van der Waals surface area (Å²) in [5.74, 6) is -0.445. The monoisotopic (exact) mass is 334 g/mol. The van der Waals surface area contributed by atoms with Gasteiger partial charge in [-0.25, -0.2) is 4.52 Å². The third-order valence-corrected chi connectivity index (χ3v) is 5.15. The second kappa shape index (κ2) is 5.92. The second-order valence-corrected chi connectivity index (χ2v) is 6.85. The molecule has 0 radical (unpaired) electrons. The van der Waals surface area contributed by atoms with Crippen LogP contribution in [0.3, 0.4) is 0 Å². The summed E-state index contributed by atoms with van der Waals surface area (Å²) in [6, 6.07) is 11.1. The fraction of sp³-hybridized carbons (Fsp3) is 0.300. The molecule has 0 aliphatic carbocycles. The molecular formula is C20H22N4O. The summed E-state index contributed by atoms with van der Waals surface area (Å²) < 4.78 is 1.70. The number of nitrogens with zero attached hydrogens (tertiary/aromatic N) is 3. The van der Waals surface area contributed by atoms with Gasteiger partial charge in [-0.2, -0.15) is 5.10 Å². The van der Waals surface area contributed by atoms with E-state index < -0.39 is 5.91 Å². The Labute approximate surface area is 147 Å². The molecule has 1 aromatic carbocycles. The molecule has 128 valence electrons. The number of primary amides is 1. The number of nitrogens with two attached hydrogens (primary N) is 1. The number of anilines is 1. The Balaban J connectivity index is 1.77. The number of fused-ring (bicyclic) bond motifs is 1. The molecule has 1 aliphatic rings. The van der Waals surface area contributed by atoms with Crippen molar-refractivity contribution in [2.24, 2.45) is 5.73 Å². The average Bonchev–Trinajstić information content (AvgIpc) is 3.22. The highest BCUT2D eigenvalue weighted by Crippen LogP contribution is 2.38. The first kappa shape index (κ1) is 15.7. The fourth-order valence-electron chi connectivity index (χ4n) is 3.86. The Kier molecular flexibility index (Phi) is 3.71. The number of aromatic nitrogens is 2. The zero-order chi connectivity index (χ0) is 17.6. The largest absolute Gasteiger partial charge is 0.365 e. The van der Waals surface area contributed by atoms with E-state index in [4.69, 9.17) is 5.73 Å². The number of amides is 1. The van der Waals surface area contributed by atoms with Crippen LogP contribution in [-0.4, -0.2) is 22.1 Å². The van der Waals surface area contributed by atoms with Gasteiger partial charge in [-0.15, -0.1) is 0 Å². The molecule has 5 nitrogen and oxygen atoms in total. The summed E-state index contributed by atoms with van der Waals surface area (Å²) in [6.07, 6.45) is 5.73. The summed E-state index contributed by atoms with van der Waals surface area (Å²) in [5.41, 5.74) is 11.8. The molecule has 1 amide bonds. The van der Waals surface area contributed by atoms with Crippen molar-refractivity contribution in [1.82, 2.24) is 9.61 Å². The van der Waals surface area contributed by atoms with Crippen molar-refractivity contribution in [3.05, 3.63) is 65.0 Å². The molecule has 1 fully saturated rings. The lowest BCUT2D eigenvalue weighted by molar-refractivity contribution is 0.100. The van der Waals surface area contributed by atoms with Crippen LogP contribution in [0.2, 0.25) is 0 Å². The molecule has 2 N–H and O–H groups in total. The standard InChI is InChI=1S/C20H22N4O/c1-13-5-6-14(2)16(10-13)18-4-3-8-23(18)15-7-9-24-19(11-15)17(12-22-24)20(21)25/h5-7,9-12,18H,3-4,8H2,1-2H3,(H2,21,25). The average molecular weight is 334 g/mol. The maximum Gasteiger partial charge on any atom is 0.252 e. The molecule has 1 saturated heterocycles. The van der Waals surface area contributed by atoms with Crippen LogP contribution in [0, 0.1) is 13.8 Å². The van der Waals surface area contributed by atoms with Crippen LogP contribution in [0.1, 0.15) is 45.9 Å². The molecule has 25 heavy (non-hydrogen) atoms. The lowest BCUT2D eigenvalue weighted by atomic mass is 9.97. The van der Waals surface area contributed by atoms with Gasteiger partial charge >= 0.3 is 0 Å². The number of carbonyl (C=O) groups is 1. The summed E-state index contributed by atoms with van der Waals surface area (Å²) in [7, 11) is 0. The summed E-state index contributed by atoms with van der Waals surface area (Å²) >= 11 is 0. The van der Waals surface area contributed by atoms with Gasteiger partial charge in [0.25, 0.3) is 5.91 Å². The van der Waals surface area contributed by atoms with Crippen LogP contribution >= 0.6 is 0 Å². The number of rotatable bonds is 3. The Morgan fingerprint density at radius 3 is 2.88 bits per heavy atom. The second-order valence-electron chi connectivity index (χ2n) is 6.85. The van der Waals surface area contributed by atoms with E-state index in [2.05, 4.69) is 48.1 Å². The molecule has 4 rings (SSSR count). The first-order chi connectivity index (χ1) is 12.0. The molecule has 1 atom stereocenters. The van der Waals surface area contributed by atoms with Gasteiger partial charge in [-0.1, -0.05) is 23.8 Å². The van der Waals surface area contributed by atoms with E-state index in [9.17, 15) is 4.79 Å². The van der Waals surface area contributed by atoms with Crippen LogP contribution in [0.25, 0.3) is 5.52 Å². The normalized spacial score (nSPS) is 17.4. The summed E-state index contributed by atoms with van der Waals surface area (Å²) in [4.78, 5) is 14.1. The summed E-state index contributed by atoms with van der Waals surface area (Å²) in [5, 5.41) is 4.21. The van der Waals surface area contributed by atoms with Gasteiger partial charge in [0.15, 0.2) is 0 Å². The van der Waals surface area contributed by atoms with Gasteiger partial charge in [0.2, 0.25) is 0 Å². The van der Waals surface area contributed by atoms with Gasteiger partial charge in [-0.3, -0.25) is 4.79 Å². The van der Waals surface area contributed by atoms with E-state index in [1.807, 2.05) is 12.3 Å². The van der Waals surface area contributed by atoms with Crippen LogP contribution in [0.5, 0.6) is 0 Å². The number of hydrogen-bond acceptors (Lipinski definition) is 3. The van der Waals surface area contributed by atoms with Crippen LogP contribution in [-0.2, 0) is 0 Å². The van der Waals surface area contributed by atoms with Crippen LogP contribution in [0.4, 0.5) is 5.69 Å². The van der Waals surface area contributed by atoms with Gasteiger partial charge in [0, 0.05) is 18.4 Å². The third kappa shape index (κ3) is 2.65. The van der Waals surface area contributed by atoms with E-state index in [1.165, 1.54) is 22.9 Å². The van der Waals surface area contributed by atoms with Crippen molar-refractivity contribution in [1.29, 1.82) is 0 Å². The Morgan fingerprint density at radius 1 is 1.24 bits per heavy atom. The zero-order valence-electron chi connectivity index (χ0n) is 14.6. The molecule has 1 unspecified atom stereocenters. The molecular weight excluding hydrogens is 312 g/mol. The zero-order valence-corrected chi connectivity index (χ0v) is 14.6. The highest BCUT2D eigenvalue weighted by atomic mass is 16.1. The minimum atomic E-state index is -0.445. The molecule has 0 bridgehead atoms. The number of aryl methyl sites for hydroxylation is 2. The van der Waals surface area contributed by atoms with Crippen molar-refractivity contribution in [3.63, 3.8) is 0 Å². The van der Waals surface area contributed by atoms with Gasteiger partial charge in [0.05, 0.1) is 23.3 Å².